The fourth-order valence-corrected chi connectivity index (χ4v) is 0.447. The number of likely N-dealkylation sites (N-methyl/N-ethyl adjacent to an activating group) is 2. The largest absolute Gasteiger partial charge is 1.00 e. The zero-order valence-electron chi connectivity index (χ0n) is 14.2. The molecule has 6 nitrogen and oxygen atoms in total. The summed E-state index contributed by atoms with van der Waals surface area (Å²) in [7, 11) is 11.9. The summed E-state index contributed by atoms with van der Waals surface area (Å²) >= 11 is 0. The Balaban J connectivity index is -0.000000101. The minimum absolute atomic E-state index is 0. The van der Waals surface area contributed by atoms with Crippen molar-refractivity contribution in [1.82, 2.24) is 0 Å². The fraction of sp³-hybridized carbons (Fsp3) is 0.643. The fourth-order valence-electron chi connectivity index (χ4n) is 0.447. The molecule has 0 heterocycles. The second-order valence-corrected chi connectivity index (χ2v) is 6.35. The molecule has 0 saturated carbocycles. The smallest absolute Gasteiger partial charge is 0.174 e. The lowest BCUT2D eigenvalue weighted by molar-refractivity contribution is -0.861. The van der Waals surface area contributed by atoms with Gasteiger partial charge in [0.25, 0.3) is 0 Å². The minimum Gasteiger partial charge on any atom is -1.00 e. The third kappa shape index (κ3) is 45.5. The second-order valence-electron chi connectivity index (χ2n) is 6.35. The van der Waals surface area contributed by atoms with Crippen LogP contribution in [0, 0.1) is 0 Å². The standard InChI is InChI=1S/2C5H12NO.C4H6O2.ClH/c2*1-6(2,3)4-5-7;1-3(2)4(5)6;/h2*5H,4H2,1-3H3;1H2,2H3,(H,5,6);1H/q2*+1;;/p-2. The molecule has 0 aliphatic rings. The Bertz CT molecular complexity index is 286. The van der Waals surface area contributed by atoms with Gasteiger partial charge in [-0.05, 0) is 12.5 Å². The first-order chi connectivity index (χ1) is 8.76. The molecule has 0 aromatic heterocycles. The summed E-state index contributed by atoms with van der Waals surface area (Å²) in [6.45, 7) is 5.67. The number of nitrogens with zero attached hydrogens (tertiary/aromatic N) is 2. The van der Waals surface area contributed by atoms with Crippen LogP contribution in [0.25, 0.3) is 0 Å². The molecule has 126 valence electrons. The summed E-state index contributed by atoms with van der Waals surface area (Å²) in [5, 5.41) is 9.49. The van der Waals surface area contributed by atoms with E-state index in [2.05, 4.69) is 6.58 Å². The van der Waals surface area contributed by atoms with E-state index in [1.807, 2.05) is 42.3 Å². The minimum atomic E-state index is -1.19. The van der Waals surface area contributed by atoms with Crippen LogP contribution in [0.3, 0.4) is 0 Å². The van der Waals surface area contributed by atoms with Crippen LogP contribution in [0.5, 0.6) is 0 Å². The van der Waals surface area contributed by atoms with Gasteiger partial charge in [0.05, 0.1) is 48.3 Å². The van der Waals surface area contributed by atoms with E-state index < -0.39 is 5.97 Å². The van der Waals surface area contributed by atoms with Gasteiger partial charge >= 0.3 is 0 Å². The van der Waals surface area contributed by atoms with Crippen LogP contribution in [0.1, 0.15) is 6.92 Å². The molecule has 0 fully saturated rings. The summed E-state index contributed by atoms with van der Waals surface area (Å²) in [6, 6.07) is 0. The Morgan fingerprint density at radius 1 is 0.952 bits per heavy atom. The van der Waals surface area contributed by atoms with E-state index in [1.54, 1.807) is 0 Å². The van der Waals surface area contributed by atoms with E-state index >= 15 is 0 Å². The summed E-state index contributed by atoms with van der Waals surface area (Å²) in [5.41, 5.74) is 0.0648. The molecular formula is C14H29ClN2O4. The molecule has 0 saturated heterocycles. The number of quaternary nitrogens is 2. The van der Waals surface area contributed by atoms with Crippen LogP contribution in [-0.2, 0) is 14.4 Å². The summed E-state index contributed by atoms with van der Waals surface area (Å²) in [4.78, 5) is 29.1. The van der Waals surface area contributed by atoms with Crippen molar-refractivity contribution in [3.63, 3.8) is 0 Å². The van der Waals surface area contributed by atoms with E-state index in [4.69, 9.17) is 0 Å². The van der Waals surface area contributed by atoms with E-state index in [9.17, 15) is 19.5 Å². The SMILES string of the molecule is C=C(C)C(=O)[O-].C[N+](C)(C)CC=O.C[N+](C)(C)CC=O.[Cl-]. The molecule has 0 atom stereocenters. The van der Waals surface area contributed by atoms with Crippen LogP contribution in [0.15, 0.2) is 12.2 Å². The van der Waals surface area contributed by atoms with Crippen LogP contribution < -0.4 is 17.5 Å². The highest BCUT2D eigenvalue weighted by Crippen LogP contribution is 1.83. The van der Waals surface area contributed by atoms with Gasteiger partial charge in [-0.1, -0.05) is 6.58 Å². The average molecular weight is 325 g/mol. The number of aldehydes is 2. The van der Waals surface area contributed by atoms with Crippen molar-refractivity contribution in [1.29, 1.82) is 0 Å². The molecule has 0 radical (unpaired) electrons. The van der Waals surface area contributed by atoms with Crippen molar-refractivity contribution in [3.8, 4) is 0 Å². The normalized spacial score (nSPS) is 9.67. The Labute approximate surface area is 134 Å². The molecule has 0 aliphatic carbocycles. The van der Waals surface area contributed by atoms with Crippen LogP contribution in [0.2, 0.25) is 0 Å². The van der Waals surface area contributed by atoms with Crippen molar-refractivity contribution >= 4 is 18.5 Å². The molecule has 21 heavy (non-hydrogen) atoms. The van der Waals surface area contributed by atoms with Gasteiger partial charge < -0.3 is 31.3 Å². The van der Waals surface area contributed by atoms with Gasteiger partial charge in [-0.3, -0.25) is 9.59 Å². The highest BCUT2D eigenvalue weighted by atomic mass is 35.5. The lowest BCUT2D eigenvalue weighted by Gasteiger charge is -2.19. The summed E-state index contributed by atoms with van der Waals surface area (Å²) in [6.07, 6.45) is 1.86. The zero-order chi connectivity index (χ0) is 17.0. The molecular weight excluding hydrogens is 296 g/mol. The van der Waals surface area contributed by atoms with Crippen molar-refractivity contribution in [3.05, 3.63) is 12.2 Å². The topological polar surface area (TPSA) is 74.3 Å². The maximum absolute atomic E-state index is 9.80. The monoisotopic (exact) mass is 324 g/mol. The number of carboxylic acids is 1. The van der Waals surface area contributed by atoms with Gasteiger partial charge in [-0.15, -0.1) is 0 Å². The van der Waals surface area contributed by atoms with Crippen molar-refractivity contribution in [2.45, 2.75) is 6.92 Å². The maximum atomic E-state index is 9.80. The molecule has 0 aliphatic heterocycles. The highest BCUT2D eigenvalue weighted by molar-refractivity contribution is 5.82. The number of halogens is 1. The Hall–Kier alpha value is -1.24. The molecule has 7 heteroatoms. The first-order valence-electron chi connectivity index (χ1n) is 6.12. The Morgan fingerprint density at radius 3 is 1.14 bits per heavy atom. The highest BCUT2D eigenvalue weighted by Gasteiger charge is 2.02. The van der Waals surface area contributed by atoms with Crippen LogP contribution in [-0.4, -0.2) is 82.9 Å². The number of carbonyl (C=O) groups excluding carboxylic acids is 3. The average Bonchev–Trinajstić information content (AvgIpc) is 2.15. The number of aliphatic carboxylic acids is 1. The quantitative estimate of drug-likeness (QED) is 0.294. The molecule has 0 aromatic carbocycles. The molecule has 0 N–H and O–H groups in total. The van der Waals surface area contributed by atoms with Gasteiger partial charge in [-0.2, -0.15) is 0 Å². The van der Waals surface area contributed by atoms with E-state index in [0.717, 1.165) is 21.5 Å². The van der Waals surface area contributed by atoms with Crippen molar-refractivity contribution in [2.24, 2.45) is 0 Å². The third-order valence-corrected chi connectivity index (χ3v) is 1.59. The van der Waals surface area contributed by atoms with Gasteiger partial charge in [-0.25, -0.2) is 0 Å². The third-order valence-electron chi connectivity index (χ3n) is 1.59. The van der Waals surface area contributed by atoms with Crippen molar-refractivity contribution < 1.29 is 40.9 Å². The molecule has 0 amide bonds. The Morgan fingerprint density at radius 2 is 1.14 bits per heavy atom. The number of carboxylic acid groups (broad SMARTS) is 1. The molecule has 0 rings (SSSR count). The van der Waals surface area contributed by atoms with Crippen LogP contribution >= 0.6 is 0 Å². The molecule has 0 unspecified atom stereocenters. The maximum Gasteiger partial charge on any atom is 0.174 e. The lowest BCUT2D eigenvalue weighted by Crippen LogP contribution is -3.00. The predicted octanol–water partition coefficient (Wildman–Crippen LogP) is -3.90. The predicted molar refractivity (Wildman–Crippen MR) is 77.7 cm³/mol. The number of carbonyl (C=O) groups is 3. The van der Waals surface area contributed by atoms with E-state index in [-0.39, 0.29) is 18.0 Å². The second kappa shape index (κ2) is 13.7. The Kier molecular flexibility index (Phi) is 18.3. The molecule has 0 bridgehead atoms. The number of hydrogen-bond acceptors (Lipinski definition) is 4. The summed E-state index contributed by atoms with van der Waals surface area (Å²) < 4.78 is 1.45. The van der Waals surface area contributed by atoms with E-state index in [0.29, 0.717) is 13.1 Å². The lowest BCUT2D eigenvalue weighted by atomic mass is 10.4. The molecule has 0 spiro atoms. The van der Waals surface area contributed by atoms with Crippen molar-refractivity contribution in [2.75, 3.05) is 55.4 Å². The molecule has 0 aromatic rings. The first kappa shape index (κ1) is 28.0. The van der Waals surface area contributed by atoms with E-state index in [1.165, 1.54) is 6.92 Å². The first-order valence-corrected chi connectivity index (χ1v) is 6.12. The summed E-state index contributed by atoms with van der Waals surface area (Å²) in [5.74, 6) is -1.19. The van der Waals surface area contributed by atoms with Gasteiger partial charge in [0.1, 0.15) is 13.1 Å². The van der Waals surface area contributed by atoms with Crippen LogP contribution in [0.4, 0.5) is 0 Å². The van der Waals surface area contributed by atoms with Gasteiger partial charge in [0, 0.05) is 0 Å². The van der Waals surface area contributed by atoms with Gasteiger partial charge in [0.15, 0.2) is 12.6 Å². The number of rotatable bonds is 5. The number of hydrogen-bond donors (Lipinski definition) is 0. The van der Waals surface area contributed by atoms with Gasteiger partial charge in [0.2, 0.25) is 0 Å². The zero-order valence-corrected chi connectivity index (χ0v) is 14.9.